The van der Waals surface area contributed by atoms with Crippen LogP contribution in [0.25, 0.3) is 10.8 Å². The van der Waals surface area contributed by atoms with Crippen molar-refractivity contribution in [1.82, 2.24) is 0 Å². The first-order valence-electron chi connectivity index (χ1n) is 4.09. The molecule has 0 atom stereocenters. The minimum absolute atomic E-state index is 0.568. The minimum atomic E-state index is 0.568. The number of hydrogen-bond donors (Lipinski definition) is 0. The second kappa shape index (κ2) is 2.39. The molecule has 0 heteroatoms. The Morgan fingerprint density at radius 2 is 1.91 bits per heavy atom. The third-order valence-electron chi connectivity index (χ3n) is 1.80. The molecule has 2 aromatic carbocycles. The molecule has 2 rings (SSSR count). The van der Waals surface area contributed by atoms with Gasteiger partial charge in [0.15, 0.2) is 0 Å². The largest absolute Gasteiger partial charge is 0.0629 e. The Hall–Kier alpha value is -1.30. The summed E-state index contributed by atoms with van der Waals surface area (Å²) in [5.74, 6) is 0. The molecule has 11 heavy (non-hydrogen) atoms. The van der Waals surface area contributed by atoms with E-state index in [0.717, 1.165) is 16.3 Å². The van der Waals surface area contributed by atoms with Gasteiger partial charge in [-0.1, -0.05) is 42.4 Å². The topological polar surface area (TPSA) is 0 Å². The van der Waals surface area contributed by atoms with Gasteiger partial charge in [0.25, 0.3) is 0 Å². The third kappa shape index (κ3) is 1.01. The van der Waals surface area contributed by atoms with E-state index in [0.29, 0.717) is 6.04 Å². The van der Waals surface area contributed by atoms with Crippen molar-refractivity contribution in [3.63, 3.8) is 0 Å². The van der Waals surface area contributed by atoms with Gasteiger partial charge in [-0.2, -0.15) is 0 Å². The molecule has 1 radical (unpaired) electrons. The monoisotopic (exact) mass is 142 g/mol. The van der Waals surface area contributed by atoms with Crippen LogP contribution in [0.3, 0.4) is 0 Å². The van der Waals surface area contributed by atoms with E-state index in [9.17, 15) is 0 Å². The van der Waals surface area contributed by atoms with Crippen LogP contribution in [0, 0.1) is 6.92 Å². The highest BCUT2D eigenvalue weighted by atomic mass is 14.0. The van der Waals surface area contributed by atoms with Crippen LogP contribution in [0.4, 0.5) is 0 Å². The van der Waals surface area contributed by atoms with Gasteiger partial charge in [0.05, 0.1) is 1.37 Å². The molecule has 0 aliphatic carbocycles. The van der Waals surface area contributed by atoms with Gasteiger partial charge in [-0.05, 0) is 23.3 Å². The third-order valence-corrected chi connectivity index (χ3v) is 1.80. The van der Waals surface area contributed by atoms with Crippen LogP contribution in [-0.4, -0.2) is 0 Å². The van der Waals surface area contributed by atoms with E-state index in [1.807, 2.05) is 30.3 Å². The lowest BCUT2D eigenvalue weighted by molar-refractivity contribution is 1.68. The minimum Gasteiger partial charge on any atom is -0.0616 e. The number of fused-ring (bicyclic) bond motifs is 1. The highest BCUT2D eigenvalue weighted by Crippen LogP contribution is 2.16. The van der Waals surface area contributed by atoms with Gasteiger partial charge in [0.1, 0.15) is 0 Å². The van der Waals surface area contributed by atoms with Crippen LogP contribution in [0.1, 0.15) is 6.93 Å². The van der Waals surface area contributed by atoms with Crippen molar-refractivity contribution in [2.24, 2.45) is 0 Å². The van der Waals surface area contributed by atoms with Crippen molar-refractivity contribution >= 4 is 10.8 Å². The average molecular weight is 142 g/mol. The van der Waals surface area contributed by atoms with E-state index in [2.05, 4.69) is 6.92 Å². The fraction of sp³-hybridized carbons (Fsp3) is 0. The highest BCUT2D eigenvalue weighted by Gasteiger charge is 1.92. The normalized spacial score (nSPS) is 11.5. The molecule has 0 aliphatic heterocycles. The Morgan fingerprint density at radius 1 is 1.09 bits per heavy atom. The molecule has 0 nitrogen and oxygen atoms in total. The maximum atomic E-state index is 7.63. The summed E-state index contributed by atoms with van der Waals surface area (Å²) in [5.41, 5.74) is 0.988. The van der Waals surface area contributed by atoms with Gasteiger partial charge in [0, 0.05) is 0 Å². The number of rotatable bonds is 0. The average Bonchev–Trinajstić information content (AvgIpc) is 2.12. The smallest absolute Gasteiger partial charge is 0.0616 e. The zero-order valence-corrected chi connectivity index (χ0v) is 6.17. The standard InChI is InChI=1S/C11H9/c1-9-5-4-7-10-6-2-3-8-11(9)10/h2-8H,1H2/i7D. The zero-order chi connectivity index (χ0) is 8.55. The second-order valence-corrected chi connectivity index (χ2v) is 2.55. The molecule has 0 aliphatic rings. The lowest BCUT2D eigenvalue weighted by atomic mass is 10.1. The van der Waals surface area contributed by atoms with Crippen LogP contribution in [0.15, 0.2) is 42.4 Å². The maximum Gasteiger partial charge on any atom is 0.0629 e. The molecule has 0 fully saturated rings. The molecule has 0 N–H and O–H groups in total. The Kier molecular flexibility index (Phi) is 1.16. The van der Waals surface area contributed by atoms with Crippen molar-refractivity contribution in [2.75, 3.05) is 0 Å². The van der Waals surface area contributed by atoms with Gasteiger partial charge >= 0.3 is 0 Å². The summed E-state index contributed by atoms with van der Waals surface area (Å²) < 4.78 is 7.63. The molecule has 0 saturated carbocycles. The van der Waals surface area contributed by atoms with Crippen LogP contribution in [-0.2, 0) is 0 Å². The first kappa shape index (κ1) is 5.36. The molecule has 0 aromatic heterocycles. The van der Waals surface area contributed by atoms with Gasteiger partial charge in [-0.15, -0.1) is 0 Å². The molecule has 0 bridgehead atoms. The van der Waals surface area contributed by atoms with E-state index in [1.54, 1.807) is 6.07 Å². The van der Waals surface area contributed by atoms with Crippen molar-refractivity contribution in [2.45, 2.75) is 0 Å². The Balaban J connectivity index is 2.95. The lowest BCUT2D eigenvalue weighted by Gasteiger charge is -1.98. The van der Waals surface area contributed by atoms with E-state index < -0.39 is 0 Å². The van der Waals surface area contributed by atoms with Crippen molar-refractivity contribution in [3.05, 3.63) is 54.9 Å². The summed E-state index contributed by atoms with van der Waals surface area (Å²) in [5, 5.41) is 2.05. The van der Waals surface area contributed by atoms with E-state index in [4.69, 9.17) is 1.37 Å². The van der Waals surface area contributed by atoms with E-state index in [-0.39, 0.29) is 0 Å². The van der Waals surface area contributed by atoms with Gasteiger partial charge in [-0.3, -0.25) is 0 Å². The Labute approximate surface area is 67.9 Å². The molecular weight excluding hydrogens is 132 g/mol. The van der Waals surface area contributed by atoms with Gasteiger partial charge in [-0.25, -0.2) is 0 Å². The number of benzene rings is 2. The molecule has 0 unspecified atom stereocenters. The highest BCUT2D eigenvalue weighted by molar-refractivity contribution is 5.86. The van der Waals surface area contributed by atoms with E-state index in [1.165, 1.54) is 0 Å². The van der Waals surface area contributed by atoms with Crippen LogP contribution in [0.5, 0.6) is 0 Å². The Bertz CT molecular complexity index is 378. The number of hydrogen-bond acceptors (Lipinski definition) is 0. The molecule has 0 spiro atoms. The molecule has 2 aromatic rings. The molecule has 53 valence electrons. The summed E-state index contributed by atoms with van der Waals surface area (Å²) in [6.45, 7) is 3.91. The van der Waals surface area contributed by atoms with Gasteiger partial charge in [0.2, 0.25) is 0 Å². The molecule has 0 saturated heterocycles. The van der Waals surface area contributed by atoms with Crippen molar-refractivity contribution in [3.8, 4) is 0 Å². The van der Waals surface area contributed by atoms with Crippen LogP contribution in [0.2, 0.25) is 0 Å². The summed E-state index contributed by atoms with van der Waals surface area (Å²) >= 11 is 0. The molecule has 0 heterocycles. The SMILES string of the molecule is [2H]c1ccc([CH2])c2ccccc12. The maximum absolute atomic E-state index is 7.63. The summed E-state index contributed by atoms with van der Waals surface area (Å²) in [7, 11) is 0. The first-order valence-corrected chi connectivity index (χ1v) is 3.59. The quantitative estimate of drug-likeness (QED) is 0.530. The first-order chi connectivity index (χ1) is 5.79. The van der Waals surface area contributed by atoms with Gasteiger partial charge < -0.3 is 0 Å². The fourth-order valence-electron chi connectivity index (χ4n) is 1.21. The predicted octanol–water partition coefficient (Wildman–Crippen LogP) is 3.02. The Morgan fingerprint density at radius 3 is 2.73 bits per heavy atom. The van der Waals surface area contributed by atoms with E-state index >= 15 is 0 Å². The summed E-state index contributed by atoms with van der Waals surface area (Å²) in [6.07, 6.45) is 0. The van der Waals surface area contributed by atoms with Crippen LogP contribution >= 0.6 is 0 Å². The summed E-state index contributed by atoms with van der Waals surface area (Å²) in [4.78, 5) is 0. The molecule has 0 amide bonds. The zero-order valence-electron chi connectivity index (χ0n) is 7.17. The summed E-state index contributed by atoms with van der Waals surface area (Å²) in [6, 6.07) is 12.1. The molecular formula is C11H9. The van der Waals surface area contributed by atoms with Crippen molar-refractivity contribution in [1.29, 1.82) is 0 Å². The van der Waals surface area contributed by atoms with Crippen LogP contribution < -0.4 is 0 Å². The second-order valence-electron chi connectivity index (χ2n) is 2.55. The van der Waals surface area contributed by atoms with Crippen molar-refractivity contribution < 1.29 is 1.37 Å². The fourth-order valence-corrected chi connectivity index (χ4v) is 1.21. The lowest BCUT2D eigenvalue weighted by Crippen LogP contribution is -1.75. The predicted molar refractivity (Wildman–Crippen MR) is 48.4 cm³/mol.